The topological polar surface area (TPSA) is 32.3 Å². The molecule has 0 aliphatic carbocycles. The minimum absolute atomic E-state index is 0.775. The lowest BCUT2D eigenvalue weighted by Gasteiger charge is -2.21. The Morgan fingerprint density at radius 2 is 1.69 bits per heavy atom. The fourth-order valence-corrected chi connectivity index (χ4v) is 5.49. The number of aromatic nitrogens is 2. The summed E-state index contributed by atoms with van der Waals surface area (Å²) < 4.78 is 1.25. The monoisotopic (exact) mass is 434 g/mol. The number of aryl methyl sites for hydroxylation is 1. The zero-order chi connectivity index (χ0) is 21.5. The summed E-state index contributed by atoms with van der Waals surface area (Å²) in [5, 5.41) is 2.47. The highest BCUT2D eigenvalue weighted by Gasteiger charge is 2.16. The number of hydrogen-bond acceptors (Lipinski definition) is 5. The van der Waals surface area contributed by atoms with Crippen LogP contribution in [0.5, 0.6) is 0 Å². The Morgan fingerprint density at radius 1 is 0.812 bits per heavy atom. The van der Waals surface area contributed by atoms with E-state index in [1.165, 1.54) is 26.7 Å². The summed E-state index contributed by atoms with van der Waals surface area (Å²) in [6.07, 6.45) is 4.27. The second kappa shape index (κ2) is 7.77. The molecule has 0 saturated heterocycles. The van der Waals surface area contributed by atoms with Gasteiger partial charge in [-0.15, -0.1) is 11.3 Å². The molecule has 4 nitrogen and oxygen atoms in total. The summed E-state index contributed by atoms with van der Waals surface area (Å²) >= 11 is 1.75. The summed E-state index contributed by atoms with van der Waals surface area (Å²) in [6, 6.07) is 27.5. The largest absolute Gasteiger partial charge is 0.352 e. The van der Waals surface area contributed by atoms with Gasteiger partial charge in [0, 0.05) is 44.8 Å². The van der Waals surface area contributed by atoms with Crippen molar-refractivity contribution in [1.82, 2.24) is 14.9 Å². The molecule has 0 unspecified atom stereocenters. The predicted octanol–water partition coefficient (Wildman–Crippen LogP) is 6.57. The van der Waals surface area contributed by atoms with E-state index in [9.17, 15) is 0 Å². The minimum Gasteiger partial charge on any atom is -0.352 e. The zero-order valence-electron chi connectivity index (χ0n) is 17.8. The fraction of sp³-hybridized carbons (Fsp3) is 0.111. The van der Waals surface area contributed by atoms with Crippen LogP contribution in [-0.2, 0) is 6.54 Å². The lowest BCUT2D eigenvalue weighted by Crippen LogP contribution is -2.24. The summed E-state index contributed by atoms with van der Waals surface area (Å²) in [6.45, 7) is 3.64. The number of anilines is 1. The van der Waals surface area contributed by atoms with E-state index in [1.54, 1.807) is 11.3 Å². The summed E-state index contributed by atoms with van der Waals surface area (Å²) in [5.41, 5.74) is 5.50. The third-order valence-electron chi connectivity index (χ3n) is 5.83. The van der Waals surface area contributed by atoms with E-state index in [2.05, 4.69) is 95.0 Å². The molecule has 1 aliphatic heterocycles. The van der Waals surface area contributed by atoms with Crippen LogP contribution in [0.1, 0.15) is 11.4 Å². The van der Waals surface area contributed by atoms with Crippen LogP contribution in [0.3, 0.4) is 0 Å². The van der Waals surface area contributed by atoms with Crippen molar-refractivity contribution in [3.8, 4) is 11.3 Å². The van der Waals surface area contributed by atoms with E-state index < -0.39 is 0 Å². The van der Waals surface area contributed by atoms with Gasteiger partial charge in [0.15, 0.2) is 0 Å². The van der Waals surface area contributed by atoms with Gasteiger partial charge < -0.3 is 9.80 Å². The summed E-state index contributed by atoms with van der Waals surface area (Å²) in [5.74, 6) is 0. The van der Waals surface area contributed by atoms with E-state index in [0.29, 0.717) is 0 Å². The van der Waals surface area contributed by atoms with E-state index >= 15 is 0 Å². The molecule has 0 N–H and O–H groups in total. The van der Waals surface area contributed by atoms with Crippen molar-refractivity contribution in [2.24, 2.45) is 0 Å². The molecule has 5 heteroatoms. The molecule has 156 valence electrons. The van der Waals surface area contributed by atoms with Gasteiger partial charge in [0.05, 0.1) is 24.6 Å². The van der Waals surface area contributed by atoms with E-state index in [0.717, 1.165) is 35.1 Å². The summed E-state index contributed by atoms with van der Waals surface area (Å²) in [7, 11) is 0. The normalized spacial score (nSPS) is 13.5. The second-order valence-electron chi connectivity index (χ2n) is 8.10. The molecule has 0 fully saturated rings. The molecule has 0 bridgehead atoms. The molecular formula is C27H22N4S. The molecule has 3 aromatic heterocycles. The maximum absolute atomic E-state index is 5.03. The van der Waals surface area contributed by atoms with Crippen LogP contribution in [0, 0.1) is 6.92 Å². The standard InChI is InChI=1S/C27H22N4S/c1-19-13-14-23-22-10-6-11-24(26(22)32-27(23)28-19)25-12-5-7-20(29-25)17-30-15-16-31(18-30)21-8-3-2-4-9-21/h2-16H,17-18H2,1H3. The zero-order valence-corrected chi connectivity index (χ0v) is 18.6. The highest BCUT2D eigenvalue weighted by molar-refractivity contribution is 7.26. The number of para-hydroxylation sites is 1. The number of hydrogen-bond donors (Lipinski definition) is 0. The fourth-order valence-electron chi connectivity index (χ4n) is 4.25. The first-order chi connectivity index (χ1) is 15.7. The van der Waals surface area contributed by atoms with E-state index in [1.807, 2.05) is 13.0 Å². The first kappa shape index (κ1) is 19.0. The molecule has 4 heterocycles. The van der Waals surface area contributed by atoms with Crippen molar-refractivity contribution in [3.63, 3.8) is 0 Å². The van der Waals surface area contributed by atoms with Crippen molar-refractivity contribution in [1.29, 1.82) is 0 Å². The molecule has 1 aliphatic rings. The second-order valence-corrected chi connectivity index (χ2v) is 9.09. The SMILES string of the molecule is Cc1ccc2c(n1)sc1c(-c3cccc(CN4C=CN(c5ccccc5)C4)n3)cccc12. The van der Waals surface area contributed by atoms with Crippen LogP contribution in [0.25, 0.3) is 31.6 Å². The molecule has 5 aromatic rings. The number of nitrogens with zero attached hydrogens (tertiary/aromatic N) is 4. The van der Waals surface area contributed by atoms with Crippen molar-refractivity contribution in [2.45, 2.75) is 13.5 Å². The van der Waals surface area contributed by atoms with Crippen LogP contribution in [-0.4, -0.2) is 21.5 Å². The Labute approximate surface area is 191 Å². The van der Waals surface area contributed by atoms with Crippen LogP contribution in [0.15, 0.2) is 91.3 Å². The van der Waals surface area contributed by atoms with Gasteiger partial charge in [-0.3, -0.25) is 4.98 Å². The first-order valence-corrected chi connectivity index (χ1v) is 11.6. The van der Waals surface area contributed by atoms with Gasteiger partial charge in [-0.2, -0.15) is 0 Å². The number of rotatable bonds is 4. The number of fused-ring (bicyclic) bond motifs is 3. The average molecular weight is 435 g/mol. The molecular weight excluding hydrogens is 412 g/mol. The maximum Gasteiger partial charge on any atom is 0.124 e. The van der Waals surface area contributed by atoms with Gasteiger partial charge in [0.25, 0.3) is 0 Å². The Balaban J connectivity index is 1.30. The molecule has 0 saturated carbocycles. The highest BCUT2D eigenvalue weighted by atomic mass is 32.1. The lowest BCUT2D eigenvalue weighted by molar-refractivity contribution is 0.395. The third kappa shape index (κ3) is 3.41. The molecule has 0 atom stereocenters. The Morgan fingerprint density at radius 3 is 2.59 bits per heavy atom. The Hall–Kier alpha value is -3.70. The predicted molar refractivity (Wildman–Crippen MR) is 134 cm³/mol. The molecule has 6 rings (SSSR count). The van der Waals surface area contributed by atoms with Gasteiger partial charge in [-0.1, -0.05) is 42.5 Å². The Bertz CT molecular complexity index is 1460. The molecule has 32 heavy (non-hydrogen) atoms. The van der Waals surface area contributed by atoms with E-state index in [-0.39, 0.29) is 0 Å². The number of pyridine rings is 2. The molecule has 2 aromatic carbocycles. The van der Waals surface area contributed by atoms with Crippen LogP contribution < -0.4 is 4.90 Å². The smallest absolute Gasteiger partial charge is 0.124 e. The van der Waals surface area contributed by atoms with Gasteiger partial charge in [-0.25, -0.2) is 4.98 Å². The maximum atomic E-state index is 5.03. The quantitative estimate of drug-likeness (QED) is 0.320. The first-order valence-electron chi connectivity index (χ1n) is 10.7. The molecule has 0 amide bonds. The summed E-state index contributed by atoms with van der Waals surface area (Å²) in [4.78, 5) is 15.4. The number of benzene rings is 2. The molecule has 0 spiro atoms. The van der Waals surface area contributed by atoms with Crippen LogP contribution in [0.2, 0.25) is 0 Å². The van der Waals surface area contributed by atoms with Crippen molar-refractivity contribution >= 4 is 37.3 Å². The van der Waals surface area contributed by atoms with Crippen molar-refractivity contribution < 1.29 is 0 Å². The van der Waals surface area contributed by atoms with Gasteiger partial charge in [0.2, 0.25) is 0 Å². The van der Waals surface area contributed by atoms with Crippen LogP contribution in [0.4, 0.5) is 5.69 Å². The van der Waals surface area contributed by atoms with Gasteiger partial charge in [-0.05, 0) is 43.3 Å². The van der Waals surface area contributed by atoms with Crippen molar-refractivity contribution in [2.75, 3.05) is 11.6 Å². The lowest BCUT2D eigenvalue weighted by atomic mass is 10.1. The van der Waals surface area contributed by atoms with Crippen LogP contribution >= 0.6 is 11.3 Å². The average Bonchev–Trinajstić information content (AvgIpc) is 3.44. The van der Waals surface area contributed by atoms with Crippen molar-refractivity contribution in [3.05, 3.63) is 103 Å². The number of thiophene rings is 1. The highest BCUT2D eigenvalue weighted by Crippen LogP contribution is 2.38. The Kier molecular flexibility index (Phi) is 4.62. The van der Waals surface area contributed by atoms with E-state index in [4.69, 9.17) is 9.97 Å². The third-order valence-corrected chi connectivity index (χ3v) is 6.98. The van der Waals surface area contributed by atoms with Gasteiger partial charge >= 0.3 is 0 Å². The minimum atomic E-state index is 0.775. The molecule has 0 radical (unpaired) electrons. The van der Waals surface area contributed by atoms with Gasteiger partial charge in [0.1, 0.15) is 4.83 Å².